The molecule has 1 aromatic carbocycles. The van der Waals surface area contributed by atoms with Crippen molar-refractivity contribution in [3.63, 3.8) is 0 Å². The number of carbonyl (C=O) groups is 1. The van der Waals surface area contributed by atoms with Gasteiger partial charge in [0.25, 0.3) is 0 Å². The van der Waals surface area contributed by atoms with Crippen LogP contribution in [-0.2, 0) is 16.1 Å². The fourth-order valence-electron chi connectivity index (χ4n) is 3.08. The van der Waals surface area contributed by atoms with Gasteiger partial charge in [-0.05, 0) is 45.1 Å². The average molecular weight is 261 g/mol. The molecule has 3 nitrogen and oxygen atoms in total. The molecule has 3 heteroatoms. The first-order valence-corrected chi connectivity index (χ1v) is 7.03. The van der Waals surface area contributed by atoms with Gasteiger partial charge in [0.15, 0.2) is 0 Å². The molecular formula is C16H23NO2. The second-order valence-corrected chi connectivity index (χ2v) is 5.81. The molecule has 0 aliphatic carbocycles. The molecule has 0 N–H and O–H groups in total. The van der Waals surface area contributed by atoms with Crippen LogP contribution in [0.5, 0.6) is 0 Å². The van der Waals surface area contributed by atoms with E-state index in [4.69, 9.17) is 4.84 Å². The van der Waals surface area contributed by atoms with E-state index in [1.54, 1.807) is 0 Å². The smallest absolute Gasteiger partial charge is 0.322 e. The zero-order valence-electron chi connectivity index (χ0n) is 12.1. The van der Waals surface area contributed by atoms with Crippen LogP contribution in [0.2, 0.25) is 0 Å². The molecule has 0 aromatic heterocycles. The largest absolute Gasteiger partial charge is 0.367 e. The minimum atomic E-state index is -0.229. The normalized spacial score (nSPS) is 28.1. The third-order valence-electron chi connectivity index (χ3n) is 3.92. The summed E-state index contributed by atoms with van der Waals surface area (Å²) in [5.41, 5.74) is 1.18. The summed E-state index contributed by atoms with van der Waals surface area (Å²) in [6, 6.07) is 10.7. The lowest BCUT2D eigenvalue weighted by Gasteiger charge is -2.46. The van der Waals surface area contributed by atoms with E-state index < -0.39 is 0 Å². The summed E-state index contributed by atoms with van der Waals surface area (Å²) in [6.45, 7) is 5.80. The van der Waals surface area contributed by atoms with Gasteiger partial charge in [0, 0.05) is 13.0 Å². The quantitative estimate of drug-likeness (QED) is 0.835. The van der Waals surface area contributed by atoms with Crippen molar-refractivity contribution >= 4 is 5.97 Å². The predicted molar refractivity (Wildman–Crippen MR) is 75.5 cm³/mol. The van der Waals surface area contributed by atoms with E-state index in [1.165, 1.54) is 18.9 Å². The minimum absolute atomic E-state index is 0.106. The standard InChI is InChI=1S/C16H23NO2/c1-13-8-7-11-16(3,17(13)19-14(2)18)12-15-9-5-4-6-10-15/h4-6,9-10,13H,7-8,11-12H2,1-3H3. The molecule has 0 radical (unpaired) electrons. The summed E-state index contributed by atoms with van der Waals surface area (Å²) in [6.07, 6.45) is 4.23. The summed E-state index contributed by atoms with van der Waals surface area (Å²) < 4.78 is 0. The van der Waals surface area contributed by atoms with Gasteiger partial charge >= 0.3 is 5.97 Å². The van der Waals surface area contributed by atoms with Crippen molar-refractivity contribution in [2.45, 2.75) is 58.0 Å². The van der Waals surface area contributed by atoms with Gasteiger partial charge in [-0.1, -0.05) is 30.3 Å². The van der Waals surface area contributed by atoms with Crippen molar-refractivity contribution in [1.82, 2.24) is 5.06 Å². The third-order valence-corrected chi connectivity index (χ3v) is 3.92. The van der Waals surface area contributed by atoms with Crippen LogP contribution in [0.25, 0.3) is 0 Å². The fourth-order valence-corrected chi connectivity index (χ4v) is 3.08. The van der Waals surface area contributed by atoms with Crippen LogP contribution in [-0.4, -0.2) is 22.6 Å². The Labute approximate surface area is 115 Å². The monoisotopic (exact) mass is 261 g/mol. The maximum atomic E-state index is 11.3. The Morgan fingerprint density at radius 2 is 2.11 bits per heavy atom. The summed E-state index contributed by atoms with van der Waals surface area (Å²) in [4.78, 5) is 16.8. The van der Waals surface area contributed by atoms with E-state index in [1.807, 2.05) is 11.1 Å². The van der Waals surface area contributed by atoms with Crippen LogP contribution in [0.1, 0.15) is 45.6 Å². The van der Waals surface area contributed by atoms with Crippen molar-refractivity contribution in [2.75, 3.05) is 0 Å². The highest BCUT2D eigenvalue weighted by molar-refractivity contribution is 5.65. The van der Waals surface area contributed by atoms with E-state index in [-0.39, 0.29) is 17.6 Å². The van der Waals surface area contributed by atoms with Crippen molar-refractivity contribution in [2.24, 2.45) is 0 Å². The molecule has 1 aliphatic rings. The van der Waals surface area contributed by atoms with Gasteiger partial charge in [-0.15, -0.1) is 5.06 Å². The number of carbonyl (C=O) groups excluding carboxylic acids is 1. The van der Waals surface area contributed by atoms with E-state index in [2.05, 4.69) is 38.1 Å². The van der Waals surface area contributed by atoms with Gasteiger partial charge in [0.2, 0.25) is 0 Å². The van der Waals surface area contributed by atoms with Crippen LogP contribution in [0.4, 0.5) is 0 Å². The van der Waals surface area contributed by atoms with Gasteiger partial charge in [0.1, 0.15) is 0 Å². The van der Waals surface area contributed by atoms with Crippen LogP contribution in [0, 0.1) is 0 Å². The molecule has 1 aliphatic heterocycles. The van der Waals surface area contributed by atoms with Crippen molar-refractivity contribution in [3.05, 3.63) is 35.9 Å². The van der Waals surface area contributed by atoms with Gasteiger partial charge in [-0.3, -0.25) is 4.79 Å². The molecule has 2 atom stereocenters. The number of nitrogens with zero attached hydrogens (tertiary/aromatic N) is 1. The summed E-state index contributed by atoms with van der Waals surface area (Å²) >= 11 is 0. The molecule has 104 valence electrons. The maximum absolute atomic E-state index is 11.3. The van der Waals surface area contributed by atoms with Crippen LogP contribution in [0.3, 0.4) is 0 Å². The first-order chi connectivity index (χ1) is 9.01. The Hall–Kier alpha value is -1.35. The second-order valence-electron chi connectivity index (χ2n) is 5.81. The molecular weight excluding hydrogens is 238 g/mol. The molecule has 0 spiro atoms. The molecule has 2 unspecified atom stereocenters. The second kappa shape index (κ2) is 5.74. The molecule has 0 amide bonds. The first-order valence-electron chi connectivity index (χ1n) is 7.03. The molecule has 1 saturated heterocycles. The van der Waals surface area contributed by atoms with E-state index in [0.717, 1.165) is 19.3 Å². The Bertz CT molecular complexity index is 432. The number of piperidine rings is 1. The highest BCUT2D eigenvalue weighted by Gasteiger charge is 2.40. The number of hydrogen-bond acceptors (Lipinski definition) is 3. The molecule has 0 saturated carbocycles. The van der Waals surface area contributed by atoms with E-state index in [0.29, 0.717) is 0 Å². The number of hydroxylamine groups is 2. The Balaban J connectivity index is 2.19. The SMILES string of the molecule is CC(=O)ON1C(C)CCCC1(C)Cc1ccccc1. The summed E-state index contributed by atoms with van der Waals surface area (Å²) in [5.74, 6) is -0.229. The van der Waals surface area contributed by atoms with Crippen LogP contribution in [0.15, 0.2) is 30.3 Å². The van der Waals surface area contributed by atoms with Gasteiger partial charge in [0.05, 0.1) is 5.54 Å². The van der Waals surface area contributed by atoms with Crippen molar-refractivity contribution in [1.29, 1.82) is 0 Å². The third kappa shape index (κ3) is 3.35. The highest BCUT2D eigenvalue weighted by Crippen LogP contribution is 2.34. The molecule has 2 rings (SSSR count). The van der Waals surface area contributed by atoms with E-state index in [9.17, 15) is 4.79 Å². The summed E-state index contributed by atoms with van der Waals surface area (Å²) in [7, 11) is 0. The Morgan fingerprint density at radius 1 is 1.42 bits per heavy atom. The maximum Gasteiger partial charge on any atom is 0.322 e. The number of hydrogen-bond donors (Lipinski definition) is 0. The average Bonchev–Trinajstić information content (AvgIpc) is 2.35. The van der Waals surface area contributed by atoms with Crippen molar-refractivity contribution < 1.29 is 9.63 Å². The van der Waals surface area contributed by atoms with Gasteiger partial charge in [-0.2, -0.15) is 0 Å². The van der Waals surface area contributed by atoms with Crippen LogP contribution < -0.4 is 0 Å². The predicted octanol–water partition coefficient (Wildman–Crippen LogP) is 3.34. The van der Waals surface area contributed by atoms with E-state index >= 15 is 0 Å². The first kappa shape index (κ1) is 14.1. The molecule has 1 fully saturated rings. The molecule has 19 heavy (non-hydrogen) atoms. The fraction of sp³-hybridized carbons (Fsp3) is 0.562. The Morgan fingerprint density at radius 3 is 2.74 bits per heavy atom. The highest BCUT2D eigenvalue weighted by atomic mass is 16.7. The minimum Gasteiger partial charge on any atom is -0.367 e. The number of rotatable bonds is 3. The zero-order chi connectivity index (χ0) is 13.9. The summed E-state index contributed by atoms with van der Waals surface area (Å²) in [5, 5.41) is 1.92. The molecule has 1 heterocycles. The lowest BCUT2D eigenvalue weighted by atomic mass is 9.82. The lowest BCUT2D eigenvalue weighted by molar-refractivity contribution is -0.243. The van der Waals surface area contributed by atoms with Crippen molar-refractivity contribution in [3.8, 4) is 0 Å². The topological polar surface area (TPSA) is 29.5 Å². The lowest BCUT2D eigenvalue weighted by Crippen LogP contribution is -2.55. The van der Waals surface area contributed by atoms with Gasteiger partial charge in [-0.25, -0.2) is 0 Å². The zero-order valence-corrected chi connectivity index (χ0v) is 12.1. The van der Waals surface area contributed by atoms with Gasteiger partial charge < -0.3 is 4.84 Å². The van der Waals surface area contributed by atoms with Crippen LogP contribution >= 0.6 is 0 Å². The molecule has 0 bridgehead atoms. The Kier molecular flexibility index (Phi) is 4.25. The molecule has 1 aromatic rings. The number of benzene rings is 1.